The van der Waals surface area contributed by atoms with Crippen molar-refractivity contribution in [2.24, 2.45) is 0 Å². The van der Waals surface area contributed by atoms with E-state index in [1.807, 2.05) is 11.8 Å². The van der Waals surface area contributed by atoms with E-state index in [1.54, 1.807) is 0 Å². The van der Waals surface area contributed by atoms with Gasteiger partial charge in [-0.05, 0) is 18.1 Å². The van der Waals surface area contributed by atoms with Crippen LogP contribution >= 0.6 is 11.8 Å². The molecule has 1 aliphatic heterocycles. The average Bonchev–Trinajstić information content (AvgIpc) is 2.76. The third kappa shape index (κ3) is 2.99. The molecule has 0 aromatic carbocycles. The van der Waals surface area contributed by atoms with Crippen molar-refractivity contribution in [1.82, 2.24) is 15.3 Å². The summed E-state index contributed by atoms with van der Waals surface area (Å²) in [5, 5.41) is 3.37. The van der Waals surface area contributed by atoms with Crippen molar-refractivity contribution in [3.63, 3.8) is 0 Å². The van der Waals surface area contributed by atoms with Gasteiger partial charge in [-0.25, -0.2) is 9.97 Å². The maximum Gasteiger partial charge on any atom is 0.138 e. The van der Waals surface area contributed by atoms with Crippen LogP contribution in [-0.4, -0.2) is 15.7 Å². The maximum absolute atomic E-state index is 4.74. The van der Waals surface area contributed by atoms with Gasteiger partial charge in [0.2, 0.25) is 0 Å². The summed E-state index contributed by atoms with van der Waals surface area (Å²) >= 11 is 1.93. The highest BCUT2D eigenvalue weighted by molar-refractivity contribution is 7.98. The molecule has 0 amide bonds. The molecule has 0 saturated carbocycles. The van der Waals surface area contributed by atoms with Crippen LogP contribution in [0.25, 0.3) is 0 Å². The Morgan fingerprint density at radius 1 is 1.29 bits per heavy atom. The van der Waals surface area contributed by atoms with Gasteiger partial charge in [-0.3, -0.25) is 0 Å². The fourth-order valence-corrected chi connectivity index (χ4v) is 2.84. The fourth-order valence-electron chi connectivity index (χ4n) is 2.10. The number of hydrogen-bond donors (Lipinski definition) is 1. The van der Waals surface area contributed by atoms with Crippen LogP contribution in [0.3, 0.4) is 0 Å². The molecule has 94 valence electrons. The van der Waals surface area contributed by atoms with Gasteiger partial charge < -0.3 is 5.32 Å². The van der Waals surface area contributed by atoms with Gasteiger partial charge in [0.15, 0.2) is 0 Å². The van der Waals surface area contributed by atoms with Crippen LogP contribution in [0, 0.1) is 0 Å². The van der Waals surface area contributed by atoms with Crippen LogP contribution in [0.5, 0.6) is 0 Å². The summed E-state index contributed by atoms with van der Waals surface area (Å²) in [6, 6.07) is 0. The van der Waals surface area contributed by atoms with Gasteiger partial charge in [0, 0.05) is 18.7 Å². The molecule has 0 aliphatic carbocycles. The molecule has 3 nitrogen and oxygen atoms in total. The standard InChI is InChI=1S/C13H21N3S/c1-4-5-17-8-12-15-11-7-14-6-10(11)13(16-12)9(2)3/h9,14H,4-8H2,1-3H3. The second-order valence-electron chi connectivity index (χ2n) is 4.76. The van der Waals surface area contributed by atoms with Crippen LogP contribution in [0.15, 0.2) is 0 Å². The van der Waals surface area contributed by atoms with Gasteiger partial charge in [0.1, 0.15) is 5.82 Å². The number of fused-ring (bicyclic) bond motifs is 1. The van der Waals surface area contributed by atoms with Gasteiger partial charge in [-0.15, -0.1) is 0 Å². The average molecular weight is 251 g/mol. The van der Waals surface area contributed by atoms with Gasteiger partial charge >= 0.3 is 0 Å². The summed E-state index contributed by atoms with van der Waals surface area (Å²) in [4.78, 5) is 9.42. The summed E-state index contributed by atoms with van der Waals surface area (Å²) in [5.41, 5.74) is 3.80. The third-order valence-electron chi connectivity index (χ3n) is 2.89. The molecule has 4 heteroatoms. The molecule has 1 N–H and O–H groups in total. The van der Waals surface area contributed by atoms with Crippen molar-refractivity contribution < 1.29 is 0 Å². The summed E-state index contributed by atoms with van der Waals surface area (Å²) in [6.07, 6.45) is 1.22. The molecular formula is C13H21N3S. The zero-order valence-corrected chi connectivity index (χ0v) is 11.7. The minimum atomic E-state index is 0.488. The number of aromatic nitrogens is 2. The Labute approximate surface area is 108 Å². The predicted octanol–water partition coefficient (Wildman–Crippen LogP) is 2.85. The van der Waals surface area contributed by atoms with Crippen molar-refractivity contribution in [1.29, 1.82) is 0 Å². The smallest absolute Gasteiger partial charge is 0.138 e. The van der Waals surface area contributed by atoms with Gasteiger partial charge in [-0.2, -0.15) is 11.8 Å². The van der Waals surface area contributed by atoms with Crippen LogP contribution < -0.4 is 5.32 Å². The molecule has 0 atom stereocenters. The largest absolute Gasteiger partial charge is 0.307 e. The van der Waals surface area contributed by atoms with Gasteiger partial charge in [0.05, 0.1) is 17.1 Å². The lowest BCUT2D eigenvalue weighted by Crippen LogP contribution is -2.07. The minimum absolute atomic E-state index is 0.488. The van der Waals surface area contributed by atoms with Gasteiger partial charge in [-0.1, -0.05) is 20.8 Å². The minimum Gasteiger partial charge on any atom is -0.307 e. The molecule has 1 aliphatic rings. The highest BCUT2D eigenvalue weighted by atomic mass is 32.2. The van der Waals surface area contributed by atoms with E-state index in [1.165, 1.54) is 29.1 Å². The number of rotatable bonds is 5. The van der Waals surface area contributed by atoms with Crippen molar-refractivity contribution >= 4 is 11.8 Å². The summed E-state index contributed by atoms with van der Waals surface area (Å²) in [5.74, 6) is 3.63. The Morgan fingerprint density at radius 2 is 2.12 bits per heavy atom. The van der Waals surface area contributed by atoms with E-state index >= 15 is 0 Å². The zero-order chi connectivity index (χ0) is 12.3. The van der Waals surface area contributed by atoms with Gasteiger partial charge in [0.25, 0.3) is 0 Å². The third-order valence-corrected chi connectivity index (χ3v) is 4.05. The second kappa shape index (κ2) is 5.83. The van der Waals surface area contributed by atoms with Crippen molar-refractivity contribution in [2.45, 2.75) is 52.0 Å². The maximum atomic E-state index is 4.74. The van der Waals surface area contributed by atoms with Crippen LogP contribution in [0.1, 0.15) is 55.9 Å². The summed E-state index contributed by atoms with van der Waals surface area (Å²) in [7, 11) is 0. The molecule has 1 aromatic rings. The van der Waals surface area contributed by atoms with Crippen molar-refractivity contribution in [3.8, 4) is 0 Å². The van der Waals surface area contributed by atoms with E-state index in [2.05, 4.69) is 31.1 Å². The van der Waals surface area contributed by atoms with Crippen molar-refractivity contribution in [2.75, 3.05) is 5.75 Å². The molecule has 0 radical (unpaired) electrons. The summed E-state index contributed by atoms with van der Waals surface area (Å²) in [6.45, 7) is 8.47. The topological polar surface area (TPSA) is 37.8 Å². The first kappa shape index (κ1) is 12.8. The van der Waals surface area contributed by atoms with E-state index in [-0.39, 0.29) is 0 Å². The highest BCUT2D eigenvalue weighted by Gasteiger charge is 2.20. The molecule has 0 spiro atoms. The number of thioether (sulfide) groups is 1. The Balaban J connectivity index is 2.20. The van der Waals surface area contributed by atoms with Crippen LogP contribution in [-0.2, 0) is 18.8 Å². The molecule has 17 heavy (non-hydrogen) atoms. The Hall–Kier alpha value is -0.610. The van der Waals surface area contributed by atoms with E-state index in [0.717, 1.165) is 24.7 Å². The van der Waals surface area contributed by atoms with Crippen LogP contribution in [0.2, 0.25) is 0 Å². The first-order valence-electron chi connectivity index (χ1n) is 6.39. The van der Waals surface area contributed by atoms with E-state index in [9.17, 15) is 0 Å². The Morgan fingerprint density at radius 3 is 2.82 bits per heavy atom. The number of hydrogen-bond acceptors (Lipinski definition) is 4. The molecule has 2 rings (SSSR count). The SMILES string of the molecule is CCCSCc1nc2c(c(C(C)C)n1)CNC2. The molecule has 1 aromatic heterocycles. The lowest BCUT2D eigenvalue weighted by Gasteiger charge is -2.12. The number of nitrogens with zero attached hydrogens (tertiary/aromatic N) is 2. The predicted molar refractivity (Wildman–Crippen MR) is 73.1 cm³/mol. The quantitative estimate of drug-likeness (QED) is 0.817. The Bertz CT molecular complexity index is 390. The normalized spacial score (nSPS) is 14.4. The van der Waals surface area contributed by atoms with Crippen LogP contribution in [0.4, 0.5) is 0 Å². The monoisotopic (exact) mass is 251 g/mol. The zero-order valence-electron chi connectivity index (χ0n) is 10.9. The van der Waals surface area contributed by atoms with E-state index < -0.39 is 0 Å². The molecule has 0 bridgehead atoms. The first-order chi connectivity index (χ1) is 8.22. The fraction of sp³-hybridized carbons (Fsp3) is 0.692. The lowest BCUT2D eigenvalue weighted by molar-refractivity contribution is 0.746. The number of nitrogens with one attached hydrogen (secondary N) is 1. The molecule has 2 heterocycles. The summed E-state index contributed by atoms with van der Waals surface area (Å²) < 4.78 is 0. The van der Waals surface area contributed by atoms with E-state index in [4.69, 9.17) is 4.98 Å². The highest BCUT2D eigenvalue weighted by Crippen LogP contribution is 2.24. The van der Waals surface area contributed by atoms with E-state index in [0.29, 0.717) is 5.92 Å². The van der Waals surface area contributed by atoms with Crippen molar-refractivity contribution in [3.05, 3.63) is 22.8 Å². The molecular weight excluding hydrogens is 230 g/mol. The molecule has 0 saturated heterocycles. The second-order valence-corrected chi connectivity index (χ2v) is 5.87. The first-order valence-corrected chi connectivity index (χ1v) is 7.54. The molecule has 0 unspecified atom stereocenters. The Kier molecular flexibility index (Phi) is 4.40. The molecule has 0 fully saturated rings. The lowest BCUT2D eigenvalue weighted by atomic mass is 10.0.